The summed E-state index contributed by atoms with van der Waals surface area (Å²) in [5.41, 5.74) is 0. The van der Waals surface area contributed by atoms with Crippen molar-refractivity contribution in [2.45, 2.75) is 12.3 Å². The molecule has 0 saturated carbocycles. The standard InChI is InChI=1S/C3H4BClO2/c1-2(5)3(6)7-4/h2H,1H3. The van der Waals surface area contributed by atoms with E-state index in [1.807, 2.05) is 0 Å². The zero-order valence-corrected chi connectivity index (χ0v) is 4.61. The van der Waals surface area contributed by atoms with Gasteiger partial charge in [0.2, 0.25) is 0 Å². The lowest BCUT2D eigenvalue weighted by Gasteiger charge is -1.96. The lowest BCUT2D eigenvalue weighted by atomic mass is 10.4. The largest absolute Gasteiger partial charge is 0.542 e. The second kappa shape index (κ2) is 2.91. The third-order valence-electron chi connectivity index (χ3n) is 0.441. The molecule has 0 rings (SSSR count). The van der Waals surface area contributed by atoms with E-state index in [0.717, 1.165) is 0 Å². The summed E-state index contributed by atoms with van der Waals surface area (Å²) < 4.78 is 3.74. The molecule has 0 bridgehead atoms. The molecular formula is C3H4BClO2. The van der Waals surface area contributed by atoms with Crippen molar-refractivity contribution in [3.8, 4) is 0 Å². The maximum absolute atomic E-state index is 10.0. The maximum atomic E-state index is 10.0. The zero-order valence-electron chi connectivity index (χ0n) is 3.85. The lowest BCUT2D eigenvalue weighted by molar-refractivity contribution is -0.133. The molecule has 4 heteroatoms. The van der Waals surface area contributed by atoms with Crippen molar-refractivity contribution in [3.05, 3.63) is 0 Å². The second-order valence-electron chi connectivity index (χ2n) is 1.05. The van der Waals surface area contributed by atoms with E-state index in [4.69, 9.17) is 11.6 Å². The van der Waals surface area contributed by atoms with Crippen molar-refractivity contribution in [1.29, 1.82) is 0 Å². The quantitative estimate of drug-likeness (QED) is 0.364. The molecule has 0 N–H and O–H groups in total. The van der Waals surface area contributed by atoms with Crippen LogP contribution >= 0.6 is 11.6 Å². The highest BCUT2D eigenvalue weighted by Crippen LogP contribution is 1.93. The summed E-state index contributed by atoms with van der Waals surface area (Å²) in [6, 6.07) is 0. The van der Waals surface area contributed by atoms with Crippen LogP contribution in [0.2, 0.25) is 0 Å². The Labute approximate surface area is 48.2 Å². The van der Waals surface area contributed by atoms with Gasteiger partial charge in [0.15, 0.2) is 0 Å². The molecule has 0 aliphatic rings. The van der Waals surface area contributed by atoms with E-state index in [1.165, 1.54) is 6.92 Å². The van der Waals surface area contributed by atoms with Gasteiger partial charge < -0.3 is 4.65 Å². The van der Waals surface area contributed by atoms with Gasteiger partial charge in [-0.05, 0) is 6.92 Å². The van der Waals surface area contributed by atoms with Crippen molar-refractivity contribution < 1.29 is 9.45 Å². The van der Waals surface area contributed by atoms with Crippen LogP contribution in [-0.2, 0) is 9.45 Å². The van der Waals surface area contributed by atoms with Gasteiger partial charge >= 0.3 is 14.0 Å². The van der Waals surface area contributed by atoms with Gasteiger partial charge in [-0.25, -0.2) is 0 Å². The first kappa shape index (κ1) is 6.82. The fraction of sp³-hybridized carbons (Fsp3) is 0.667. The van der Waals surface area contributed by atoms with Crippen LogP contribution < -0.4 is 0 Å². The minimum Gasteiger partial charge on any atom is -0.542 e. The molecule has 7 heavy (non-hydrogen) atoms. The van der Waals surface area contributed by atoms with Gasteiger partial charge in [0.05, 0.1) is 0 Å². The van der Waals surface area contributed by atoms with E-state index in [0.29, 0.717) is 0 Å². The third kappa shape index (κ3) is 2.51. The van der Waals surface area contributed by atoms with Gasteiger partial charge in [-0.15, -0.1) is 11.6 Å². The second-order valence-corrected chi connectivity index (χ2v) is 1.71. The van der Waals surface area contributed by atoms with E-state index >= 15 is 0 Å². The van der Waals surface area contributed by atoms with Crippen LogP contribution in [0.5, 0.6) is 0 Å². The fourth-order valence-corrected chi connectivity index (χ4v) is 0.145. The van der Waals surface area contributed by atoms with Crippen molar-refractivity contribution in [2.24, 2.45) is 0 Å². The van der Waals surface area contributed by atoms with E-state index in [9.17, 15) is 4.79 Å². The summed E-state index contributed by atoms with van der Waals surface area (Å²) in [6.07, 6.45) is 0. The number of carbonyl (C=O) groups excluding carboxylic acids is 1. The highest BCUT2D eigenvalue weighted by Gasteiger charge is 2.05. The molecule has 2 nitrogen and oxygen atoms in total. The number of hydrogen-bond donors (Lipinski definition) is 0. The minimum absolute atomic E-state index is 0.610. The normalized spacial score (nSPS) is 12.9. The van der Waals surface area contributed by atoms with Crippen LogP contribution in [0.15, 0.2) is 0 Å². The first-order valence-electron chi connectivity index (χ1n) is 1.73. The number of carbonyl (C=O) groups is 1. The summed E-state index contributed by atoms with van der Waals surface area (Å²) in [6.45, 7) is 1.48. The molecule has 0 fully saturated rings. The van der Waals surface area contributed by atoms with Crippen molar-refractivity contribution in [1.82, 2.24) is 0 Å². The average Bonchev–Trinajstić information content (AvgIpc) is 1.65. The minimum atomic E-state index is -0.648. The molecule has 38 valence electrons. The third-order valence-corrected chi connectivity index (χ3v) is 0.619. The number of hydrogen-bond acceptors (Lipinski definition) is 2. The Morgan fingerprint density at radius 1 is 2.00 bits per heavy atom. The van der Waals surface area contributed by atoms with Gasteiger partial charge in [0.1, 0.15) is 5.38 Å². The van der Waals surface area contributed by atoms with Crippen molar-refractivity contribution in [3.63, 3.8) is 0 Å². The Balaban J connectivity index is 3.35. The molecular weight excluding hydrogens is 114 g/mol. The predicted molar refractivity (Wildman–Crippen MR) is 27.2 cm³/mol. The van der Waals surface area contributed by atoms with Crippen LogP contribution in [0.25, 0.3) is 0 Å². The van der Waals surface area contributed by atoms with Crippen LogP contribution in [0.1, 0.15) is 6.92 Å². The molecule has 1 unspecified atom stereocenters. The van der Waals surface area contributed by atoms with Crippen LogP contribution in [0.4, 0.5) is 0 Å². The van der Waals surface area contributed by atoms with Crippen LogP contribution in [0.3, 0.4) is 0 Å². The van der Waals surface area contributed by atoms with Crippen molar-refractivity contribution >= 4 is 25.6 Å². The summed E-state index contributed by atoms with van der Waals surface area (Å²) in [7, 11) is 4.44. The lowest BCUT2D eigenvalue weighted by Crippen LogP contribution is -2.11. The summed E-state index contributed by atoms with van der Waals surface area (Å²) in [4.78, 5) is 10.0. The highest BCUT2D eigenvalue weighted by molar-refractivity contribution is 6.30. The smallest absolute Gasteiger partial charge is 0.378 e. The molecule has 0 saturated heterocycles. The van der Waals surface area contributed by atoms with Crippen molar-refractivity contribution in [2.75, 3.05) is 0 Å². The number of alkyl halides is 1. The van der Waals surface area contributed by atoms with Gasteiger partial charge in [-0.3, -0.25) is 4.79 Å². The van der Waals surface area contributed by atoms with E-state index in [2.05, 4.69) is 12.7 Å². The first-order chi connectivity index (χ1) is 3.18. The Kier molecular flexibility index (Phi) is 2.84. The Hall–Kier alpha value is -0.175. The van der Waals surface area contributed by atoms with Gasteiger partial charge in [-0.1, -0.05) is 0 Å². The SMILES string of the molecule is [B]OC(=O)C(C)Cl. The van der Waals surface area contributed by atoms with Gasteiger partial charge in [0.25, 0.3) is 0 Å². The molecule has 0 aromatic rings. The van der Waals surface area contributed by atoms with Crippen LogP contribution in [0, 0.1) is 0 Å². The van der Waals surface area contributed by atoms with E-state index in [-0.39, 0.29) is 0 Å². The Bertz CT molecular complexity index is 73.3. The fourth-order valence-electron chi connectivity index (χ4n) is 0.0938. The topological polar surface area (TPSA) is 26.3 Å². The molecule has 0 spiro atoms. The molecule has 1 atom stereocenters. The zero-order chi connectivity index (χ0) is 5.86. The summed E-state index contributed by atoms with van der Waals surface area (Å²) >= 11 is 5.17. The van der Waals surface area contributed by atoms with Gasteiger partial charge in [-0.2, -0.15) is 0 Å². The molecule has 0 heterocycles. The van der Waals surface area contributed by atoms with Gasteiger partial charge in [0, 0.05) is 0 Å². The molecule has 0 amide bonds. The Morgan fingerprint density at radius 3 is 2.43 bits per heavy atom. The summed E-state index contributed by atoms with van der Waals surface area (Å²) in [5.74, 6) is -0.610. The molecule has 0 aliphatic heterocycles. The average molecular weight is 118 g/mol. The Morgan fingerprint density at radius 2 is 2.43 bits per heavy atom. The molecule has 0 aliphatic carbocycles. The number of rotatable bonds is 1. The highest BCUT2D eigenvalue weighted by atomic mass is 35.5. The number of halogens is 1. The first-order valence-corrected chi connectivity index (χ1v) is 2.16. The predicted octanol–water partition coefficient (Wildman–Crippen LogP) is 0.240. The molecule has 0 aromatic carbocycles. The summed E-state index contributed by atoms with van der Waals surface area (Å²) in [5, 5.41) is -0.648. The van der Waals surface area contributed by atoms with E-state index < -0.39 is 11.3 Å². The van der Waals surface area contributed by atoms with E-state index in [1.54, 1.807) is 0 Å². The maximum Gasteiger partial charge on any atom is 0.378 e. The molecule has 0 aromatic heterocycles. The van der Waals surface area contributed by atoms with Crippen LogP contribution in [-0.4, -0.2) is 19.4 Å². The monoisotopic (exact) mass is 118 g/mol. The molecule has 2 radical (unpaired) electrons.